The van der Waals surface area contributed by atoms with Gasteiger partial charge in [-0.15, -0.1) is 0 Å². The summed E-state index contributed by atoms with van der Waals surface area (Å²) >= 11 is 0. The quantitative estimate of drug-likeness (QED) is 0.0826. The first-order valence-corrected chi connectivity index (χ1v) is 18.3. The Morgan fingerprint density at radius 1 is 0.839 bits per heavy atom. The molecule has 4 atom stereocenters. The van der Waals surface area contributed by atoms with Gasteiger partial charge < -0.3 is 35.3 Å². The Morgan fingerprint density at radius 2 is 1.45 bits per heavy atom. The lowest BCUT2D eigenvalue weighted by atomic mass is 9.81. The Labute approximate surface area is 323 Å². The van der Waals surface area contributed by atoms with Crippen molar-refractivity contribution in [1.29, 1.82) is 0 Å². The molecule has 0 heterocycles. The predicted molar refractivity (Wildman–Crippen MR) is 195 cm³/mol. The van der Waals surface area contributed by atoms with Crippen LogP contribution in [0.15, 0.2) is 36.4 Å². The zero-order valence-electron chi connectivity index (χ0n) is 32.9. The summed E-state index contributed by atoms with van der Waals surface area (Å²) in [7, 11) is 1.54. The number of aliphatic hydroxyl groups is 1. The molecule has 0 aliphatic rings. The van der Waals surface area contributed by atoms with Crippen molar-refractivity contribution in [2.24, 2.45) is 23.7 Å². The highest BCUT2D eigenvalue weighted by atomic mass is 19.4. The summed E-state index contributed by atoms with van der Waals surface area (Å²) in [6.45, 7) is 11.8. The highest BCUT2D eigenvalue weighted by molar-refractivity contribution is 5.92. The van der Waals surface area contributed by atoms with Gasteiger partial charge in [-0.05, 0) is 87.3 Å². The van der Waals surface area contributed by atoms with E-state index in [1.165, 1.54) is 19.2 Å². The number of amides is 3. The number of nitrogens with one attached hydrogen (secondary N) is 3. The third kappa shape index (κ3) is 16.5. The van der Waals surface area contributed by atoms with Crippen LogP contribution in [0.1, 0.15) is 90.8 Å². The van der Waals surface area contributed by atoms with Crippen molar-refractivity contribution in [2.75, 3.05) is 25.6 Å². The molecule has 0 saturated carbocycles. The Kier molecular flexibility index (Phi) is 17.9. The van der Waals surface area contributed by atoms with E-state index >= 15 is 0 Å². The van der Waals surface area contributed by atoms with Crippen molar-refractivity contribution >= 4 is 23.6 Å². The number of alkyl halides is 6. The molecule has 56 heavy (non-hydrogen) atoms. The molecular weight excluding hydrogens is 755 g/mol. The lowest BCUT2D eigenvalue weighted by Crippen LogP contribution is -2.48. The van der Waals surface area contributed by atoms with Crippen molar-refractivity contribution in [3.05, 3.63) is 58.9 Å². The van der Waals surface area contributed by atoms with E-state index in [0.717, 1.165) is 6.07 Å². The molecule has 0 saturated heterocycles. The van der Waals surface area contributed by atoms with Gasteiger partial charge >= 0.3 is 18.4 Å². The average molecular weight is 810 g/mol. The number of benzene rings is 2. The number of hydrogen-bond donors (Lipinski definition) is 4. The predicted octanol–water partition coefficient (Wildman–Crippen LogP) is 8.50. The van der Waals surface area contributed by atoms with Crippen molar-refractivity contribution < 1.29 is 64.4 Å². The van der Waals surface area contributed by atoms with Crippen LogP contribution in [0.25, 0.3) is 0 Å². The van der Waals surface area contributed by atoms with E-state index in [1.807, 2.05) is 13.8 Å². The van der Waals surface area contributed by atoms with Crippen LogP contribution in [-0.4, -0.2) is 61.1 Å². The molecule has 17 heteroatoms. The molecule has 2 aromatic carbocycles. The maximum absolute atomic E-state index is 14.2. The molecule has 0 aliphatic carbocycles. The van der Waals surface area contributed by atoms with Crippen molar-refractivity contribution in [2.45, 2.75) is 111 Å². The molecule has 3 amide bonds. The SMILES string of the molecule is COCCCOc1ccc(F)cc1NC(=O)C[C@@H](C[C@H](NC(=O)OC(C)(C)C)[C@@H](O)C[C@H](C(=O)NCc1cc(C(F)(F)F)cc(C(F)(F)F)c1)C(C)C)C(C)C. The van der Waals surface area contributed by atoms with Gasteiger partial charge in [-0.1, -0.05) is 27.7 Å². The maximum Gasteiger partial charge on any atom is 0.416 e. The number of aliphatic hydroxyl groups excluding tert-OH is 1. The number of halogens is 7. The second-order valence-corrected chi connectivity index (χ2v) is 15.4. The molecule has 0 fully saturated rings. The zero-order chi connectivity index (χ0) is 42.6. The first-order chi connectivity index (χ1) is 25.8. The minimum Gasteiger partial charge on any atom is -0.491 e. The fourth-order valence-corrected chi connectivity index (χ4v) is 5.79. The van der Waals surface area contributed by atoms with Crippen LogP contribution in [0.4, 0.5) is 41.2 Å². The van der Waals surface area contributed by atoms with E-state index in [9.17, 15) is 50.2 Å². The van der Waals surface area contributed by atoms with Gasteiger partial charge in [-0.3, -0.25) is 9.59 Å². The fourth-order valence-electron chi connectivity index (χ4n) is 5.79. The third-order valence-corrected chi connectivity index (χ3v) is 8.83. The zero-order valence-corrected chi connectivity index (χ0v) is 32.9. The lowest BCUT2D eigenvalue weighted by Gasteiger charge is -2.33. The van der Waals surface area contributed by atoms with Gasteiger partial charge in [0.15, 0.2) is 0 Å². The van der Waals surface area contributed by atoms with Crippen LogP contribution in [0, 0.1) is 29.5 Å². The molecule has 2 aromatic rings. The highest BCUT2D eigenvalue weighted by Gasteiger charge is 2.38. The monoisotopic (exact) mass is 809 g/mol. The Balaban J connectivity index is 2.31. The number of alkyl carbamates (subject to hydrolysis) is 1. The van der Waals surface area contributed by atoms with Gasteiger partial charge in [0.25, 0.3) is 0 Å². The molecule has 0 radical (unpaired) electrons. The molecule has 0 aliphatic heterocycles. The second-order valence-electron chi connectivity index (χ2n) is 15.4. The summed E-state index contributed by atoms with van der Waals surface area (Å²) in [5, 5.41) is 19.3. The van der Waals surface area contributed by atoms with E-state index in [-0.39, 0.29) is 49.3 Å². The van der Waals surface area contributed by atoms with E-state index in [0.29, 0.717) is 25.2 Å². The van der Waals surface area contributed by atoms with Crippen molar-refractivity contribution in [3.63, 3.8) is 0 Å². The number of hydrogen-bond acceptors (Lipinski definition) is 7. The van der Waals surface area contributed by atoms with E-state index in [2.05, 4.69) is 16.0 Å². The number of rotatable bonds is 19. The van der Waals surface area contributed by atoms with Crippen LogP contribution < -0.4 is 20.7 Å². The second kappa shape index (κ2) is 20.9. The minimum atomic E-state index is -5.07. The van der Waals surface area contributed by atoms with Gasteiger partial charge in [-0.25, -0.2) is 9.18 Å². The third-order valence-electron chi connectivity index (χ3n) is 8.83. The molecule has 0 spiro atoms. The average Bonchev–Trinajstić information content (AvgIpc) is 3.06. The first kappa shape index (κ1) is 48.0. The molecule has 0 bridgehead atoms. The Bertz CT molecular complexity index is 1560. The van der Waals surface area contributed by atoms with Crippen LogP contribution in [-0.2, 0) is 38.0 Å². The van der Waals surface area contributed by atoms with Crippen LogP contribution >= 0.6 is 0 Å². The number of methoxy groups -OCH3 is 1. The summed E-state index contributed by atoms with van der Waals surface area (Å²) in [5.41, 5.74) is -4.32. The molecule has 316 valence electrons. The highest BCUT2D eigenvalue weighted by Crippen LogP contribution is 2.36. The van der Waals surface area contributed by atoms with Crippen LogP contribution in [0.2, 0.25) is 0 Å². The molecule has 4 N–H and O–H groups in total. The van der Waals surface area contributed by atoms with Gasteiger partial charge in [0.2, 0.25) is 11.8 Å². The number of carbonyl (C=O) groups is 3. The number of anilines is 1. The molecule has 2 rings (SSSR count). The van der Waals surface area contributed by atoms with Gasteiger partial charge in [0.1, 0.15) is 17.2 Å². The maximum atomic E-state index is 14.2. The fraction of sp³-hybridized carbons (Fsp3) is 0.615. The minimum absolute atomic E-state index is 0.00586. The van der Waals surface area contributed by atoms with Crippen LogP contribution in [0.3, 0.4) is 0 Å². The van der Waals surface area contributed by atoms with Crippen molar-refractivity contribution in [3.8, 4) is 5.75 Å². The number of ether oxygens (including phenoxy) is 3. The standard InChI is InChI=1S/C39H54F7N3O7/c1-22(2)25(17-34(51)48-31-19-28(40)10-11-33(31)55-13-9-12-54-8)16-30(49-36(53)56-37(5,6)7)32(50)20-29(23(3)4)35(52)47-21-24-14-26(38(41,42)43)18-27(15-24)39(44,45)46/h10-11,14-15,18-19,22-23,25,29-30,32,50H,9,12-13,16-17,20-21H2,1-8H3,(H,47,52)(H,48,51)(H,49,53)/t25-,29+,30+,32+/m1/s1. The van der Waals surface area contributed by atoms with Crippen LogP contribution in [0.5, 0.6) is 5.75 Å². The van der Waals surface area contributed by atoms with Gasteiger partial charge in [0.05, 0.1) is 35.6 Å². The van der Waals surface area contributed by atoms with Gasteiger partial charge in [-0.2, -0.15) is 26.3 Å². The lowest BCUT2D eigenvalue weighted by molar-refractivity contribution is -0.143. The summed E-state index contributed by atoms with van der Waals surface area (Å²) < 4.78 is 111. The summed E-state index contributed by atoms with van der Waals surface area (Å²) in [4.78, 5) is 39.8. The van der Waals surface area contributed by atoms with E-state index in [4.69, 9.17) is 14.2 Å². The normalized spacial score (nSPS) is 14.5. The summed E-state index contributed by atoms with van der Waals surface area (Å²) in [6, 6.07) is 3.62. The Hall–Kier alpha value is -4.12. The Morgan fingerprint density at radius 3 is 1.96 bits per heavy atom. The molecule has 0 aromatic heterocycles. The summed E-state index contributed by atoms with van der Waals surface area (Å²) in [6.07, 6.45) is -12.3. The van der Waals surface area contributed by atoms with Gasteiger partial charge in [0, 0.05) is 45.1 Å². The molecule has 10 nitrogen and oxygen atoms in total. The summed E-state index contributed by atoms with van der Waals surface area (Å²) in [5.74, 6) is -3.84. The molecule has 0 unspecified atom stereocenters. The smallest absolute Gasteiger partial charge is 0.416 e. The van der Waals surface area contributed by atoms with E-state index in [1.54, 1.807) is 34.6 Å². The topological polar surface area (TPSA) is 135 Å². The largest absolute Gasteiger partial charge is 0.491 e. The van der Waals surface area contributed by atoms with E-state index < -0.39 is 94.8 Å². The number of carbonyl (C=O) groups excluding carboxylic acids is 3. The van der Waals surface area contributed by atoms with Crippen molar-refractivity contribution in [1.82, 2.24) is 10.6 Å². The molecular formula is C39H54F7N3O7. The first-order valence-electron chi connectivity index (χ1n) is 18.3.